The molecule has 2 saturated carbocycles. The lowest BCUT2D eigenvalue weighted by molar-refractivity contribution is -0.132. The Hall–Kier alpha value is -0.410. The van der Waals surface area contributed by atoms with Gasteiger partial charge in [-0.15, -0.1) is 0 Å². The topological polar surface area (TPSA) is 35.5 Å². The maximum Gasteiger partial charge on any atom is 0.157 e. The minimum atomic E-state index is 0.0416. The normalized spacial score (nSPS) is 33.8. The fraction of sp³-hybridized carbons (Fsp3) is 0.963. The number of ketones is 1. The molecule has 5 atom stereocenters. The molecule has 0 aromatic heterocycles. The SMILES string of the molecule is C[C@H](CCCC(C)(C)C)[C@H]1CC[C@H]2C(=O)C[C@H](CCCCCC3OCCO3)C[C@]12C. The number of Topliss-reactive ketones (excluding diaryl/α,β-unsaturated/α-hetero) is 1. The van der Waals surface area contributed by atoms with E-state index >= 15 is 0 Å². The van der Waals surface area contributed by atoms with Crippen LogP contribution in [0.3, 0.4) is 0 Å². The summed E-state index contributed by atoms with van der Waals surface area (Å²) in [5.41, 5.74) is 0.691. The number of carbonyl (C=O) groups is 1. The molecule has 1 aliphatic heterocycles. The highest BCUT2D eigenvalue weighted by Crippen LogP contribution is 2.58. The summed E-state index contributed by atoms with van der Waals surface area (Å²) in [6.07, 6.45) is 14.5. The van der Waals surface area contributed by atoms with Crippen LogP contribution in [0.4, 0.5) is 0 Å². The molecular formula is C27H48O3. The second-order valence-electron chi connectivity index (χ2n) is 12.2. The first-order valence-corrected chi connectivity index (χ1v) is 12.9. The third-order valence-corrected chi connectivity index (χ3v) is 8.53. The van der Waals surface area contributed by atoms with E-state index in [1.54, 1.807) is 0 Å². The third kappa shape index (κ3) is 6.31. The van der Waals surface area contributed by atoms with Gasteiger partial charge in [-0.3, -0.25) is 4.79 Å². The van der Waals surface area contributed by atoms with Crippen molar-refractivity contribution in [2.24, 2.45) is 34.5 Å². The molecule has 30 heavy (non-hydrogen) atoms. The second-order valence-corrected chi connectivity index (χ2v) is 12.2. The van der Waals surface area contributed by atoms with Gasteiger partial charge in [0.15, 0.2) is 6.29 Å². The number of hydrogen-bond donors (Lipinski definition) is 0. The Morgan fingerprint density at radius 1 is 1.03 bits per heavy atom. The van der Waals surface area contributed by atoms with Crippen molar-refractivity contribution in [3.63, 3.8) is 0 Å². The van der Waals surface area contributed by atoms with Crippen molar-refractivity contribution in [1.82, 2.24) is 0 Å². The van der Waals surface area contributed by atoms with Crippen LogP contribution in [0.25, 0.3) is 0 Å². The average Bonchev–Trinajstić information content (AvgIpc) is 3.27. The van der Waals surface area contributed by atoms with Crippen molar-refractivity contribution < 1.29 is 14.3 Å². The van der Waals surface area contributed by atoms with E-state index < -0.39 is 0 Å². The summed E-state index contributed by atoms with van der Waals surface area (Å²) in [6.45, 7) is 13.5. The van der Waals surface area contributed by atoms with Gasteiger partial charge in [-0.1, -0.05) is 66.7 Å². The zero-order valence-electron chi connectivity index (χ0n) is 20.5. The highest BCUT2D eigenvalue weighted by Gasteiger charge is 2.54. The molecule has 3 heteroatoms. The summed E-state index contributed by atoms with van der Waals surface area (Å²) >= 11 is 0. The van der Waals surface area contributed by atoms with Crippen molar-refractivity contribution >= 4 is 5.78 Å². The number of fused-ring (bicyclic) bond motifs is 1. The Kier molecular flexibility index (Phi) is 8.46. The van der Waals surface area contributed by atoms with Gasteiger partial charge in [-0.05, 0) is 67.1 Å². The van der Waals surface area contributed by atoms with Crippen LogP contribution < -0.4 is 0 Å². The average molecular weight is 421 g/mol. The van der Waals surface area contributed by atoms with Crippen molar-refractivity contribution in [1.29, 1.82) is 0 Å². The van der Waals surface area contributed by atoms with E-state index in [4.69, 9.17) is 9.47 Å². The fourth-order valence-electron chi connectivity index (χ4n) is 7.00. The Bertz CT molecular complexity index is 545. The van der Waals surface area contributed by atoms with Crippen LogP contribution in [-0.4, -0.2) is 25.3 Å². The van der Waals surface area contributed by atoms with Crippen molar-refractivity contribution in [3.8, 4) is 0 Å². The summed E-state index contributed by atoms with van der Waals surface area (Å²) in [7, 11) is 0. The maximum absolute atomic E-state index is 13.0. The first-order valence-electron chi connectivity index (χ1n) is 12.9. The summed E-state index contributed by atoms with van der Waals surface area (Å²) in [6, 6.07) is 0. The van der Waals surface area contributed by atoms with Crippen LogP contribution in [0, 0.1) is 34.5 Å². The van der Waals surface area contributed by atoms with E-state index in [2.05, 4.69) is 34.6 Å². The number of unbranched alkanes of at least 4 members (excludes halogenated alkanes) is 2. The predicted molar refractivity (Wildman–Crippen MR) is 123 cm³/mol. The lowest BCUT2D eigenvalue weighted by Crippen LogP contribution is -2.42. The Morgan fingerprint density at radius 3 is 2.43 bits per heavy atom. The molecule has 2 aliphatic carbocycles. The van der Waals surface area contributed by atoms with Crippen LogP contribution in [0.2, 0.25) is 0 Å². The molecule has 0 radical (unpaired) electrons. The molecule has 0 aromatic carbocycles. The van der Waals surface area contributed by atoms with Crippen molar-refractivity contribution in [3.05, 3.63) is 0 Å². The molecule has 0 N–H and O–H groups in total. The van der Waals surface area contributed by atoms with Gasteiger partial charge in [0.1, 0.15) is 5.78 Å². The molecule has 3 nitrogen and oxygen atoms in total. The van der Waals surface area contributed by atoms with E-state index in [1.165, 1.54) is 57.8 Å². The van der Waals surface area contributed by atoms with E-state index in [-0.39, 0.29) is 11.7 Å². The standard InChI is InChI=1S/C27H48O3/c1-20(10-9-15-26(2,3)4)22-13-14-23-24(28)18-21(19-27(22,23)5)11-7-6-8-12-25-29-16-17-30-25/h20-23,25H,6-19H2,1-5H3/t20-,21+,22-,23+,27-/m1/s1. The predicted octanol–water partition coefficient (Wildman–Crippen LogP) is 7.17. The number of ether oxygens (including phenoxy) is 2. The van der Waals surface area contributed by atoms with Gasteiger partial charge >= 0.3 is 0 Å². The summed E-state index contributed by atoms with van der Waals surface area (Å²) in [5, 5.41) is 0. The molecule has 0 aromatic rings. The maximum atomic E-state index is 13.0. The minimum absolute atomic E-state index is 0.0416. The van der Waals surface area contributed by atoms with Gasteiger partial charge in [0.05, 0.1) is 13.2 Å². The van der Waals surface area contributed by atoms with E-state index in [1.807, 2.05) is 0 Å². The molecule has 3 fully saturated rings. The van der Waals surface area contributed by atoms with Gasteiger partial charge in [-0.2, -0.15) is 0 Å². The Labute approximate surface area is 186 Å². The van der Waals surface area contributed by atoms with E-state index in [0.29, 0.717) is 23.0 Å². The highest BCUT2D eigenvalue weighted by molar-refractivity contribution is 5.83. The number of rotatable bonds is 10. The van der Waals surface area contributed by atoms with Crippen molar-refractivity contribution in [2.75, 3.05) is 13.2 Å². The Balaban J connectivity index is 1.46. The van der Waals surface area contributed by atoms with Gasteiger partial charge in [0.2, 0.25) is 0 Å². The first kappa shape index (κ1) is 24.2. The zero-order valence-corrected chi connectivity index (χ0v) is 20.5. The van der Waals surface area contributed by atoms with Gasteiger partial charge in [0, 0.05) is 12.3 Å². The van der Waals surface area contributed by atoms with Crippen LogP contribution in [-0.2, 0) is 14.3 Å². The summed E-state index contributed by atoms with van der Waals surface area (Å²) < 4.78 is 11.1. The highest BCUT2D eigenvalue weighted by atomic mass is 16.7. The number of hydrogen-bond acceptors (Lipinski definition) is 3. The van der Waals surface area contributed by atoms with Gasteiger partial charge in [-0.25, -0.2) is 0 Å². The molecule has 3 aliphatic rings. The second kappa shape index (κ2) is 10.5. The molecular weight excluding hydrogens is 372 g/mol. The summed E-state index contributed by atoms with van der Waals surface area (Å²) in [5.74, 6) is 3.04. The molecule has 1 saturated heterocycles. The molecule has 0 unspecified atom stereocenters. The zero-order chi connectivity index (χ0) is 21.8. The van der Waals surface area contributed by atoms with E-state index in [9.17, 15) is 4.79 Å². The van der Waals surface area contributed by atoms with E-state index in [0.717, 1.165) is 44.3 Å². The fourth-order valence-corrected chi connectivity index (χ4v) is 7.00. The molecule has 174 valence electrons. The first-order chi connectivity index (χ1) is 14.2. The lowest BCUT2D eigenvalue weighted by Gasteiger charge is -2.45. The van der Waals surface area contributed by atoms with Crippen LogP contribution >= 0.6 is 0 Å². The van der Waals surface area contributed by atoms with Crippen LogP contribution in [0.5, 0.6) is 0 Å². The minimum Gasteiger partial charge on any atom is -0.350 e. The summed E-state index contributed by atoms with van der Waals surface area (Å²) in [4.78, 5) is 13.0. The molecule has 0 spiro atoms. The van der Waals surface area contributed by atoms with Gasteiger partial charge in [0.25, 0.3) is 0 Å². The largest absolute Gasteiger partial charge is 0.350 e. The monoisotopic (exact) mass is 420 g/mol. The van der Waals surface area contributed by atoms with Crippen LogP contribution in [0.1, 0.15) is 112 Å². The molecule has 3 rings (SSSR count). The lowest BCUT2D eigenvalue weighted by atomic mass is 9.58. The smallest absolute Gasteiger partial charge is 0.157 e. The Morgan fingerprint density at radius 2 is 1.73 bits per heavy atom. The van der Waals surface area contributed by atoms with Gasteiger partial charge < -0.3 is 9.47 Å². The van der Waals surface area contributed by atoms with Crippen LogP contribution in [0.15, 0.2) is 0 Å². The molecule has 0 amide bonds. The van der Waals surface area contributed by atoms with Crippen molar-refractivity contribution in [2.45, 2.75) is 118 Å². The third-order valence-electron chi connectivity index (χ3n) is 8.53. The number of carbonyl (C=O) groups excluding carboxylic acids is 1. The molecule has 1 heterocycles. The quantitative estimate of drug-likeness (QED) is 0.351. The molecule has 0 bridgehead atoms.